The van der Waals surface area contributed by atoms with Crippen molar-refractivity contribution in [1.82, 2.24) is 5.16 Å². The number of sulfonamides is 1. The van der Waals surface area contributed by atoms with Crippen molar-refractivity contribution in [3.05, 3.63) is 90.1 Å². The average Bonchev–Trinajstić information content (AvgIpc) is 3.35. The van der Waals surface area contributed by atoms with Crippen molar-refractivity contribution < 1.29 is 22.5 Å². The number of aryl methyl sites for hydroxylation is 1. The van der Waals surface area contributed by atoms with E-state index in [1.165, 1.54) is 16.4 Å². The maximum absolute atomic E-state index is 13.4. The van der Waals surface area contributed by atoms with Gasteiger partial charge in [0.15, 0.2) is 11.5 Å². The van der Waals surface area contributed by atoms with Crippen molar-refractivity contribution in [3.8, 4) is 17.1 Å². The molecule has 1 aromatic heterocycles. The summed E-state index contributed by atoms with van der Waals surface area (Å²) in [7, 11) is -3.82. The number of carbonyl (C=O) groups is 1. The van der Waals surface area contributed by atoms with Gasteiger partial charge in [0.2, 0.25) is 0 Å². The number of hydrogen-bond donors (Lipinski definition) is 1. The molecule has 0 unspecified atom stereocenters. The molecule has 0 bridgehead atoms. The number of nitrogens with one attached hydrogen (secondary N) is 1. The number of para-hydroxylation sites is 2. The van der Waals surface area contributed by atoms with E-state index in [-0.39, 0.29) is 23.2 Å². The van der Waals surface area contributed by atoms with E-state index in [2.05, 4.69) is 10.5 Å². The molecule has 2 heterocycles. The van der Waals surface area contributed by atoms with Crippen LogP contribution in [-0.2, 0) is 10.0 Å². The number of benzene rings is 3. The third-order valence-electron chi connectivity index (χ3n) is 5.66. The molecular formula is C26H23N3O5S. The Morgan fingerprint density at radius 1 is 1.03 bits per heavy atom. The van der Waals surface area contributed by atoms with E-state index in [0.29, 0.717) is 22.9 Å². The van der Waals surface area contributed by atoms with Gasteiger partial charge >= 0.3 is 0 Å². The number of nitrogens with zero attached hydrogens (tertiary/aromatic N) is 2. The zero-order chi connectivity index (χ0) is 24.6. The maximum atomic E-state index is 13.4. The summed E-state index contributed by atoms with van der Waals surface area (Å²) in [4.78, 5) is 12.8. The Labute approximate surface area is 203 Å². The molecule has 1 N–H and O–H groups in total. The smallest absolute Gasteiger partial charge is 0.277 e. The highest BCUT2D eigenvalue weighted by atomic mass is 32.2. The largest absolute Gasteiger partial charge is 0.487 e. The van der Waals surface area contributed by atoms with Crippen LogP contribution in [0, 0.1) is 6.92 Å². The highest BCUT2D eigenvalue weighted by Crippen LogP contribution is 2.36. The molecule has 1 aliphatic heterocycles. The molecule has 9 heteroatoms. The van der Waals surface area contributed by atoms with Gasteiger partial charge in [-0.05, 0) is 50.2 Å². The van der Waals surface area contributed by atoms with E-state index in [1.807, 2.05) is 38.1 Å². The number of hydrogen-bond acceptors (Lipinski definition) is 6. The van der Waals surface area contributed by atoms with Crippen molar-refractivity contribution in [3.63, 3.8) is 0 Å². The Kier molecular flexibility index (Phi) is 5.78. The van der Waals surface area contributed by atoms with Gasteiger partial charge in [-0.25, -0.2) is 8.42 Å². The molecule has 1 amide bonds. The molecule has 5 rings (SSSR count). The number of aromatic nitrogens is 1. The van der Waals surface area contributed by atoms with Gasteiger partial charge in [-0.15, -0.1) is 0 Å². The zero-order valence-electron chi connectivity index (χ0n) is 19.1. The van der Waals surface area contributed by atoms with E-state index in [1.54, 1.807) is 42.5 Å². The number of amides is 1. The summed E-state index contributed by atoms with van der Waals surface area (Å²) in [5.74, 6) is 0.548. The van der Waals surface area contributed by atoms with E-state index in [4.69, 9.17) is 9.26 Å². The Hall–Kier alpha value is -4.11. The lowest BCUT2D eigenvalue weighted by Crippen LogP contribution is -2.42. The third kappa shape index (κ3) is 4.50. The standard InChI is InChI=1S/C26H23N3O5S/c1-17-7-9-19(10-8-17)25-15-22(28-34-25)26(30)27-20-11-13-21(14-12-20)35(31,32)29-16-18(2)33-24-6-4-3-5-23(24)29/h3-15,18H,16H2,1-2H3,(H,27,30)/t18-/m0/s1. The number of carbonyl (C=O) groups excluding carboxylic acids is 1. The quantitative estimate of drug-likeness (QED) is 0.429. The lowest BCUT2D eigenvalue weighted by Gasteiger charge is -2.34. The molecule has 4 aromatic rings. The van der Waals surface area contributed by atoms with Crippen LogP contribution in [0.5, 0.6) is 5.75 Å². The predicted molar refractivity (Wildman–Crippen MR) is 132 cm³/mol. The van der Waals surface area contributed by atoms with E-state index < -0.39 is 15.9 Å². The maximum Gasteiger partial charge on any atom is 0.277 e. The van der Waals surface area contributed by atoms with Gasteiger partial charge in [-0.1, -0.05) is 47.1 Å². The summed E-state index contributed by atoms with van der Waals surface area (Å²) in [6, 6.07) is 22.3. The minimum atomic E-state index is -3.82. The van der Waals surface area contributed by atoms with Gasteiger partial charge in [0.25, 0.3) is 15.9 Å². The Bertz CT molecular complexity index is 1480. The van der Waals surface area contributed by atoms with Crippen LogP contribution in [0.2, 0.25) is 0 Å². The molecule has 8 nitrogen and oxygen atoms in total. The van der Waals surface area contributed by atoms with Gasteiger partial charge in [0.05, 0.1) is 17.1 Å². The molecule has 1 aliphatic rings. The van der Waals surface area contributed by atoms with Gasteiger partial charge < -0.3 is 14.6 Å². The SMILES string of the molecule is Cc1ccc(-c2cc(C(=O)Nc3ccc(S(=O)(=O)N4C[C@H](C)Oc5ccccc54)cc3)no2)cc1. The fourth-order valence-electron chi connectivity index (χ4n) is 3.85. The first-order chi connectivity index (χ1) is 16.8. The van der Waals surface area contributed by atoms with Crippen LogP contribution in [-0.4, -0.2) is 32.1 Å². The lowest BCUT2D eigenvalue weighted by atomic mass is 10.1. The fraction of sp³-hybridized carbons (Fsp3) is 0.154. The second-order valence-corrected chi connectivity index (χ2v) is 10.2. The summed E-state index contributed by atoms with van der Waals surface area (Å²) < 4.78 is 39.2. The van der Waals surface area contributed by atoms with Gasteiger partial charge in [0, 0.05) is 17.3 Å². The van der Waals surface area contributed by atoms with E-state index >= 15 is 0 Å². The van der Waals surface area contributed by atoms with Gasteiger partial charge in [0.1, 0.15) is 11.9 Å². The van der Waals surface area contributed by atoms with Crippen molar-refractivity contribution in [2.45, 2.75) is 24.8 Å². The third-order valence-corrected chi connectivity index (χ3v) is 7.46. The Morgan fingerprint density at radius 2 is 1.74 bits per heavy atom. The number of fused-ring (bicyclic) bond motifs is 1. The molecule has 35 heavy (non-hydrogen) atoms. The first kappa shape index (κ1) is 22.7. The van der Waals surface area contributed by atoms with Crippen LogP contribution in [0.3, 0.4) is 0 Å². The van der Waals surface area contributed by atoms with Crippen LogP contribution in [0.1, 0.15) is 23.0 Å². The summed E-state index contributed by atoms with van der Waals surface area (Å²) >= 11 is 0. The summed E-state index contributed by atoms with van der Waals surface area (Å²) in [6.07, 6.45) is -0.287. The minimum Gasteiger partial charge on any atom is -0.487 e. The highest BCUT2D eigenvalue weighted by molar-refractivity contribution is 7.92. The van der Waals surface area contributed by atoms with Crippen LogP contribution < -0.4 is 14.4 Å². The fourth-order valence-corrected chi connectivity index (χ4v) is 5.40. The molecule has 178 valence electrons. The summed E-state index contributed by atoms with van der Waals surface area (Å²) in [5, 5.41) is 6.58. The number of anilines is 2. The van der Waals surface area contributed by atoms with E-state index in [9.17, 15) is 13.2 Å². The minimum absolute atomic E-state index is 0.113. The topological polar surface area (TPSA) is 102 Å². The van der Waals surface area contributed by atoms with Crippen molar-refractivity contribution in [2.75, 3.05) is 16.2 Å². The molecule has 3 aromatic carbocycles. The zero-order valence-corrected chi connectivity index (χ0v) is 20.0. The van der Waals surface area contributed by atoms with E-state index in [0.717, 1.165) is 11.1 Å². The average molecular weight is 490 g/mol. The number of ether oxygens (including phenoxy) is 1. The van der Waals surface area contributed by atoms with Crippen LogP contribution in [0.4, 0.5) is 11.4 Å². The van der Waals surface area contributed by atoms with Crippen molar-refractivity contribution in [1.29, 1.82) is 0 Å². The summed E-state index contributed by atoms with van der Waals surface area (Å²) in [5.41, 5.74) is 2.99. The van der Waals surface area contributed by atoms with Gasteiger partial charge in [-0.3, -0.25) is 9.10 Å². The van der Waals surface area contributed by atoms with Crippen molar-refractivity contribution in [2.24, 2.45) is 0 Å². The van der Waals surface area contributed by atoms with Gasteiger partial charge in [-0.2, -0.15) is 0 Å². The lowest BCUT2D eigenvalue weighted by molar-refractivity contribution is 0.101. The van der Waals surface area contributed by atoms with Crippen LogP contribution in [0.25, 0.3) is 11.3 Å². The number of rotatable bonds is 5. The Balaban J connectivity index is 1.32. The molecule has 1 atom stereocenters. The molecular weight excluding hydrogens is 466 g/mol. The van der Waals surface area contributed by atoms with Crippen molar-refractivity contribution >= 4 is 27.3 Å². The monoisotopic (exact) mass is 489 g/mol. The normalized spacial score (nSPS) is 15.3. The molecule has 0 radical (unpaired) electrons. The molecule has 0 aliphatic carbocycles. The predicted octanol–water partition coefficient (Wildman–Crippen LogP) is 4.88. The van der Waals surface area contributed by atoms with Crippen LogP contribution >= 0.6 is 0 Å². The second kappa shape index (κ2) is 8.92. The Morgan fingerprint density at radius 3 is 2.49 bits per heavy atom. The molecule has 0 fully saturated rings. The first-order valence-corrected chi connectivity index (χ1v) is 12.5. The van der Waals surface area contributed by atoms with Crippen LogP contribution in [0.15, 0.2) is 88.3 Å². The first-order valence-electron chi connectivity index (χ1n) is 11.0. The molecule has 0 saturated carbocycles. The molecule has 0 spiro atoms. The summed E-state index contributed by atoms with van der Waals surface area (Å²) in [6.45, 7) is 4.01. The highest BCUT2D eigenvalue weighted by Gasteiger charge is 2.32. The molecule has 0 saturated heterocycles. The second-order valence-electron chi connectivity index (χ2n) is 8.35.